The molecule has 0 amide bonds. The standard InChI is InChI=1S/C17H19N3O2/c1-12-10-15(19-17(18-12)20-8-2-3-9-20)14-6-4-13(5-7-14)11-16(21)22/h4-7,10H,2-3,8-9,11H2,1H3,(H,21,22). The lowest BCUT2D eigenvalue weighted by Gasteiger charge is -2.16. The van der Waals surface area contributed by atoms with Crippen LogP contribution in [0.5, 0.6) is 0 Å². The van der Waals surface area contributed by atoms with E-state index in [0.717, 1.165) is 41.6 Å². The number of carbonyl (C=O) groups is 1. The van der Waals surface area contributed by atoms with Gasteiger partial charge in [0.15, 0.2) is 0 Å². The Morgan fingerprint density at radius 3 is 2.50 bits per heavy atom. The van der Waals surface area contributed by atoms with Crippen molar-refractivity contribution in [2.24, 2.45) is 0 Å². The zero-order chi connectivity index (χ0) is 15.5. The lowest BCUT2D eigenvalue weighted by molar-refractivity contribution is -0.136. The Bertz CT molecular complexity index is 677. The van der Waals surface area contributed by atoms with Crippen molar-refractivity contribution in [2.45, 2.75) is 26.2 Å². The molecular weight excluding hydrogens is 278 g/mol. The van der Waals surface area contributed by atoms with E-state index in [1.54, 1.807) is 0 Å². The highest BCUT2D eigenvalue weighted by molar-refractivity contribution is 5.71. The summed E-state index contributed by atoms with van der Waals surface area (Å²) in [6, 6.07) is 9.50. The highest BCUT2D eigenvalue weighted by Gasteiger charge is 2.16. The van der Waals surface area contributed by atoms with Crippen LogP contribution in [0.2, 0.25) is 0 Å². The number of aryl methyl sites for hydroxylation is 1. The van der Waals surface area contributed by atoms with Gasteiger partial charge in [-0.1, -0.05) is 24.3 Å². The first-order chi connectivity index (χ1) is 10.6. The summed E-state index contributed by atoms with van der Waals surface area (Å²) in [6.45, 7) is 4.00. The molecule has 5 heteroatoms. The monoisotopic (exact) mass is 297 g/mol. The van der Waals surface area contributed by atoms with Crippen molar-refractivity contribution in [3.63, 3.8) is 0 Å². The lowest BCUT2D eigenvalue weighted by Crippen LogP contribution is -2.20. The molecule has 2 heterocycles. The van der Waals surface area contributed by atoms with Gasteiger partial charge in [-0.2, -0.15) is 0 Å². The predicted octanol–water partition coefficient (Wildman–Crippen LogP) is 2.68. The number of carboxylic acid groups (broad SMARTS) is 1. The minimum absolute atomic E-state index is 0.0438. The van der Waals surface area contributed by atoms with Gasteiger partial charge in [0.05, 0.1) is 12.1 Å². The predicted molar refractivity (Wildman–Crippen MR) is 85.0 cm³/mol. The molecule has 0 saturated carbocycles. The van der Waals surface area contributed by atoms with Crippen molar-refractivity contribution in [3.05, 3.63) is 41.6 Å². The summed E-state index contributed by atoms with van der Waals surface area (Å²) in [5.74, 6) is -0.0240. The molecule has 0 radical (unpaired) electrons. The quantitative estimate of drug-likeness (QED) is 0.940. The molecular formula is C17H19N3O2. The van der Waals surface area contributed by atoms with Crippen molar-refractivity contribution >= 4 is 11.9 Å². The third-order valence-electron chi connectivity index (χ3n) is 3.84. The van der Waals surface area contributed by atoms with Gasteiger partial charge in [-0.3, -0.25) is 4.79 Å². The second kappa shape index (κ2) is 6.13. The smallest absolute Gasteiger partial charge is 0.307 e. The van der Waals surface area contributed by atoms with Crippen LogP contribution in [-0.4, -0.2) is 34.1 Å². The molecule has 114 valence electrons. The first kappa shape index (κ1) is 14.5. The zero-order valence-corrected chi connectivity index (χ0v) is 12.6. The van der Waals surface area contributed by atoms with Crippen molar-refractivity contribution in [3.8, 4) is 11.3 Å². The summed E-state index contributed by atoms with van der Waals surface area (Å²) in [4.78, 5) is 22.2. The molecule has 0 bridgehead atoms. The normalized spacial score (nSPS) is 14.3. The third-order valence-corrected chi connectivity index (χ3v) is 3.84. The summed E-state index contributed by atoms with van der Waals surface area (Å²) in [7, 11) is 0. The van der Waals surface area contributed by atoms with E-state index in [2.05, 4.69) is 14.9 Å². The van der Waals surface area contributed by atoms with Gasteiger partial charge in [0.1, 0.15) is 0 Å². The van der Waals surface area contributed by atoms with Gasteiger partial charge >= 0.3 is 5.97 Å². The maximum atomic E-state index is 10.7. The van der Waals surface area contributed by atoms with Gasteiger partial charge in [-0.15, -0.1) is 0 Å². The van der Waals surface area contributed by atoms with Gasteiger partial charge in [0, 0.05) is 24.3 Å². The summed E-state index contributed by atoms with van der Waals surface area (Å²) in [5.41, 5.74) is 3.61. The van der Waals surface area contributed by atoms with Crippen LogP contribution >= 0.6 is 0 Å². The molecule has 1 N–H and O–H groups in total. The SMILES string of the molecule is Cc1cc(-c2ccc(CC(=O)O)cc2)nc(N2CCCC2)n1. The molecule has 2 aromatic rings. The Morgan fingerprint density at radius 2 is 1.86 bits per heavy atom. The van der Waals surface area contributed by atoms with Crippen LogP contribution in [-0.2, 0) is 11.2 Å². The minimum Gasteiger partial charge on any atom is -0.481 e. The van der Waals surface area contributed by atoms with Crippen LogP contribution in [0.3, 0.4) is 0 Å². The van der Waals surface area contributed by atoms with E-state index in [1.165, 1.54) is 12.8 Å². The fraction of sp³-hybridized carbons (Fsp3) is 0.353. The van der Waals surface area contributed by atoms with Crippen LogP contribution in [0.15, 0.2) is 30.3 Å². The van der Waals surface area contributed by atoms with E-state index in [1.807, 2.05) is 37.3 Å². The fourth-order valence-corrected chi connectivity index (χ4v) is 2.73. The summed E-state index contributed by atoms with van der Waals surface area (Å²) in [6.07, 6.45) is 2.43. The van der Waals surface area contributed by atoms with E-state index in [-0.39, 0.29) is 6.42 Å². The molecule has 0 atom stereocenters. The number of rotatable bonds is 4. The van der Waals surface area contributed by atoms with Gasteiger partial charge in [-0.05, 0) is 31.4 Å². The highest BCUT2D eigenvalue weighted by Crippen LogP contribution is 2.23. The Balaban J connectivity index is 1.88. The number of hydrogen-bond acceptors (Lipinski definition) is 4. The minimum atomic E-state index is -0.818. The summed E-state index contributed by atoms with van der Waals surface area (Å²) in [5, 5.41) is 8.82. The number of aliphatic carboxylic acids is 1. The number of carboxylic acids is 1. The van der Waals surface area contributed by atoms with Crippen molar-refractivity contribution in [2.75, 3.05) is 18.0 Å². The van der Waals surface area contributed by atoms with Crippen LogP contribution in [0.4, 0.5) is 5.95 Å². The van der Waals surface area contributed by atoms with Crippen LogP contribution in [0, 0.1) is 6.92 Å². The molecule has 1 aliphatic heterocycles. The van der Waals surface area contributed by atoms with Crippen LogP contribution in [0.25, 0.3) is 11.3 Å². The maximum Gasteiger partial charge on any atom is 0.307 e. The maximum absolute atomic E-state index is 10.7. The van der Waals surface area contributed by atoms with E-state index < -0.39 is 5.97 Å². The number of aromatic nitrogens is 2. The van der Waals surface area contributed by atoms with Gasteiger partial charge < -0.3 is 10.0 Å². The molecule has 1 saturated heterocycles. The molecule has 1 aromatic carbocycles. The highest BCUT2D eigenvalue weighted by atomic mass is 16.4. The van der Waals surface area contributed by atoms with Crippen LogP contribution < -0.4 is 4.90 Å². The number of anilines is 1. The Kier molecular flexibility index (Phi) is 4.04. The van der Waals surface area contributed by atoms with Gasteiger partial charge in [0.25, 0.3) is 0 Å². The zero-order valence-electron chi connectivity index (χ0n) is 12.6. The van der Waals surface area contributed by atoms with Crippen molar-refractivity contribution in [1.82, 2.24) is 9.97 Å². The first-order valence-corrected chi connectivity index (χ1v) is 7.53. The lowest BCUT2D eigenvalue weighted by atomic mass is 10.1. The molecule has 5 nitrogen and oxygen atoms in total. The second-order valence-electron chi connectivity index (χ2n) is 5.66. The summed E-state index contributed by atoms with van der Waals surface area (Å²) < 4.78 is 0. The third kappa shape index (κ3) is 3.24. The van der Waals surface area contributed by atoms with E-state index in [4.69, 9.17) is 5.11 Å². The van der Waals surface area contributed by atoms with E-state index in [0.29, 0.717) is 0 Å². The molecule has 1 aliphatic rings. The average molecular weight is 297 g/mol. The van der Waals surface area contributed by atoms with E-state index >= 15 is 0 Å². The van der Waals surface area contributed by atoms with Crippen LogP contribution in [0.1, 0.15) is 24.1 Å². The summed E-state index contributed by atoms with van der Waals surface area (Å²) >= 11 is 0. The number of nitrogens with zero attached hydrogens (tertiary/aromatic N) is 3. The van der Waals surface area contributed by atoms with Gasteiger partial charge in [-0.25, -0.2) is 9.97 Å². The largest absolute Gasteiger partial charge is 0.481 e. The second-order valence-corrected chi connectivity index (χ2v) is 5.66. The first-order valence-electron chi connectivity index (χ1n) is 7.53. The molecule has 22 heavy (non-hydrogen) atoms. The topological polar surface area (TPSA) is 66.3 Å². The molecule has 1 aromatic heterocycles. The Morgan fingerprint density at radius 1 is 1.18 bits per heavy atom. The van der Waals surface area contributed by atoms with E-state index in [9.17, 15) is 4.79 Å². The molecule has 0 spiro atoms. The molecule has 0 aliphatic carbocycles. The fourth-order valence-electron chi connectivity index (χ4n) is 2.73. The number of hydrogen-bond donors (Lipinski definition) is 1. The Hall–Kier alpha value is -2.43. The van der Waals surface area contributed by atoms with Gasteiger partial charge in [0.2, 0.25) is 5.95 Å². The molecule has 0 unspecified atom stereocenters. The Labute approximate surface area is 129 Å². The number of benzene rings is 1. The molecule has 3 rings (SSSR count). The van der Waals surface area contributed by atoms with Crippen molar-refractivity contribution in [1.29, 1.82) is 0 Å². The van der Waals surface area contributed by atoms with Crippen molar-refractivity contribution < 1.29 is 9.90 Å². The molecule has 1 fully saturated rings. The average Bonchev–Trinajstić information content (AvgIpc) is 3.01.